The van der Waals surface area contributed by atoms with E-state index in [9.17, 15) is 4.79 Å². The number of unbranched alkanes of at least 4 members (excludes halogenated alkanes) is 2. The fourth-order valence-electron chi connectivity index (χ4n) is 2.01. The van der Waals surface area contributed by atoms with E-state index in [0.29, 0.717) is 6.61 Å². The summed E-state index contributed by atoms with van der Waals surface area (Å²) in [6, 6.07) is 0. The summed E-state index contributed by atoms with van der Waals surface area (Å²) in [6.07, 6.45) is 8.87. The van der Waals surface area contributed by atoms with E-state index in [1.165, 1.54) is 45.4 Å². The molecule has 0 bridgehead atoms. The van der Waals surface area contributed by atoms with Gasteiger partial charge < -0.3 is 4.74 Å². The van der Waals surface area contributed by atoms with Crippen molar-refractivity contribution in [2.24, 2.45) is 11.8 Å². The topological polar surface area (TPSA) is 26.3 Å². The maximum absolute atomic E-state index is 10.5. The maximum Gasteiger partial charge on any atom is 0.302 e. The molecule has 1 atom stereocenters. The number of hydrogen-bond acceptors (Lipinski definition) is 2. The molecule has 1 unspecified atom stereocenters. The molecule has 0 rings (SSSR count). The van der Waals surface area contributed by atoms with E-state index in [-0.39, 0.29) is 5.97 Å². The third-order valence-corrected chi connectivity index (χ3v) is 3.12. The van der Waals surface area contributed by atoms with Gasteiger partial charge in [0.1, 0.15) is 0 Å². The quantitative estimate of drug-likeness (QED) is 0.414. The highest BCUT2D eigenvalue weighted by Crippen LogP contribution is 2.17. The molecule has 102 valence electrons. The Morgan fingerprint density at radius 3 is 2.18 bits per heavy atom. The molecular weight excluding hydrogens is 212 g/mol. The van der Waals surface area contributed by atoms with Gasteiger partial charge in [-0.15, -0.1) is 0 Å². The molecule has 2 heteroatoms. The second kappa shape index (κ2) is 10.6. The van der Waals surface area contributed by atoms with Crippen LogP contribution in [-0.2, 0) is 9.53 Å². The summed E-state index contributed by atoms with van der Waals surface area (Å²) < 4.78 is 4.90. The molecule has 17 heavy (non-hydrogen) atoms. The molecule has 0 aliphatic carbocycles. The third-order valence-electron chi connectivity index (χ3n) is 3.12. The Morgan fingerprint density at radius 2 is 1.59 bits per heavy atom. The highest BCUT2D eigenvalue weighted by atomic mass is 16.5. The second-order valence-corrected chi connectivity index (χ2v) is 5.62. The Kier molecular flexibility index (Phi) is 10.3. The average molecular weight is 242 g/mol. The van der Waals surface area contributed by atoms with Crippen LogP contribution in [0.5, 0.6) is 0 Å². The van der Waals surface area contributed by atoms with Crippen LogP contribution in [0.25, 0.3) is 0 Å². The fourth-order valence-corrected chi connectivity index (χ4v) is 2.01. The van der Waals surface area contributed by atoms with Gasteiger partial charge in [0.05, 0.1) is 6.61 Å². The molecule has 0 saturated carbocycles. The summed E-state index contributed by atoms with van der Waals surface area (Å²) >= 11 is 0. The zero-order valence-electron chi connectivity index (χ0n) is 12.1. The van der Waals surface area contributed by atoms with Crippen LogP contribution in [0.3, 0.4) is 0 Å². The monoisotopic (exact) mass is 242 g/mol. The fraction of sp³-hybridized carbons (Fsp3) is 0.933. The first-order valence-electron chi connectivity index (χ1n) is 7.15. The zero-order valence-corrected chi connectivity index (χ0v) is 12.1. The second-order valence-electron chi connectivity index (χ2n) is 5.62. The van der Waals surface area contributed by atoms with Crippen molar-refractivity contribution in [3.8, 4) is 0 Å². The number of rotatable bonds is 10. The Bertz CT molecular complexity index is 187. The van der Waals surface area contributed by atoms with E-state index in [4.69, 9.17) is 4.74 Å². The van der Waals surface area contributed by atoms with Crippen LogP contribution >= 0.6 is 0 Å². The summed E-state index contributed by atoms with van der Waals surface area (Å²) in [5.74, 6) is 1.53. The molecule has 0 radical (unpaired) electrons. The molecule has 0 spiro atoms. The standard InChI is InChI=1S/C15H30O2/c1-13(2)9-8-11-14(3)10-6-5-7-12-17-15(4)16/h13-14H,5-12H2,1-4H3. The third kappa shape index (κ3) is 13.4. The van der Waals surface area contributed by atoms with Gasteiger partial charge in [0, 0.05) is 6.92 Å². The molecule has 0 aromatic carbocycles. The number of carbonyl (C=O) groups excluding carboxylic acids is 1. The highest BCUT2D eigenvalue weighted by Gasteiger charge is 2.03. The molecule has 0 amide bonds. The Hall–Kier alpha value is -0.530. The van der Waals surface area contributed by atoms with Crippen molar-refractivity contribution in [2.45, 2.75) is 72.6 Å². The van der Waals surface area contributed by atoms with Crippen LogP contribution in [0.1, 0.15) is 72.6 Å². The summed E-state index contributed by atoms with van der Waals surface area (Å²) in [7, 11) is 0. The lowest BCUT2D eigenvalue weighted by atomic mass is 9.95. The van der Waals surface area contributed by atoms with Gasteiger partial charge in [-0.2, -0.15) is 0 Å². The van der Waals surface area contributed by atoms with Crippen molar-refractivity contribution < 1.29 is 9.53 Å². The van der Waals surface area contributed by atoms with Crippen LogP contribution in [0.15, 0.2) is 0 Å². The van der Waals surface area contributed by atoms with Crippen LogP contribution in [0.4, 0.5) is 0 Å². The molecule has 0 N–H and O–H groups in total. The predicted octanol–water partition coefficient (Wildman–Crippen LogP) is 4.57. The summed E-state index contributed by atoms with van der Waals surface area (Å²) in [5.41, 5.74) is 0. The minimum atomic E-state index is -0.160. The molecule has 0 aliphatic rings. The molecule has 0 aliphatic heterocycles. The van der Waals surface area contributed by atoms with E-state index >= 15 is 0 Å². The minimum absolute atomic E-state index is 0.160. The van der Waals surface area contributed by atoms with Crippen molar-refractivity contribution in [1.29, 1.82) is 0 Å². The molecule has 0 fully saturated rings. The SMILES string of the molecule is CC(=O)OCCCCCC(C)CCCC(C)C. The van der Waals surface area contributed by atoms with E-state index in [2.05, 4.69) is 20.8 Å². The van der Waals surface area contributed by atoms with Gasteiger partial charge in [-0.3, -0.25) is 4.79 Å². The number of hydrogen-bond donors (Lipinski definition) is 0. The lowest BCUT2D eigenvalue weighted by Gasteiger charge is -2.12. The van der Waals surface area contributed by atoms with E-state index in [1.807, 2.05) is 0 Å². The zero-order chi connectivity index (χ0) is 13.1. The molecule has 0 aromatic rings. The van der Waals surface area contributed by atoms with Gasteiger partial charge in [0.25, 0.3) is 0 Å². The van der Waals surface area contributed by atoms with Crippen molar-refractivity contribution in [3.63, 3.8) is 0 Å². The molecule has 0 saturated heterocycles. The first-order valence-corrected chi connectivity index (χ1v) is 7.15. The van der Waals surface area contributed by atoms with Gasteiger partial charge in [-0.05, 0) is 18.3 Å². The lowest BCUT2D eigenvalue weighted by Crippen LogP contribution is -2.01. The van der Waals surface area contributed by atoms with Crippen molar-refractivity contribution in [3.05, 3.63) is 0 Å². The van der Waals surface area contributed by atoms with Gasteiger partial charge in [-0.1, -0.05) is 59.3 Å². The highest BCUT2D eigenvalue weighted by molar-refractivity contribution is 5.65. The maximum atomic E-state index is 10.5. The van der Waals surface area contributed by atoms with Gasteiger partial charge in [-0.25, -0.2) is 0 Å². The van der Waals surface area contributed by atoms with Crippen LogP contribution in [0.2, 0.25) is 0 Å². The van der Waals surface area contributed by atoms with E-state index in [1.54, 1.807) is 0 Å². The number of carbonyl (C=O) groups is 1. The molecule has 0 heterocycles. The van der Waals surface area contributed by atoms with E-state index in [0.717, 1.165) is 18.3 Å². The smallest absolute Gasteiger partial charge is 0.302 e. The number of esters is 1. The first-order chi connectivity index (χ1) is 8.02. The lowest BCUT2D eigenvalue weighted by molar-refractivity contribution is -0.141. The van der Waals surface area contributed by atoms with Gasteiger partial charge in [0.15, 0.2) is 0 Å². The van der Waals surface area contributed by atoms with Gasteiger partial charge >= 0.3 is 5.97 Å². The van der Waals surface area contributed by atoms with Crippen LogP contribution in [0, 0.1) is 11.8 Å². The summed E-state index contributed by atoms with van der Waals surface area (Å²) in [6.45, 7) is 9.00. The van der Waals surface area contributed by atoms with Crippen LogP contribution < -0.4 is 0 Å². The predicted molar refractivity (Wildman–Crippen MR) is 73.0 cm³/mol. The van der Waals surface area contributed by atoms with Gasteiger partial charge in [0.2, 0.25) is 0 Å². The molecule has 0 aromatic heterocycles. The Labute approximate surface area is 107 Å². The first kappa shape index (κ1) is 16.5. The van der Waals surface area contributed by atoms with E-state index < -0.39 is 0 Å². The summed E-state index contributed by atoms with van der Waals surface area (Å²) in [5, 5.41) is 0. The minimum Gasteiger partial charge on any atom is -0.466 e. The Balaban J connectivity index is 3.21. The Morgan fingerprint density at radius 1 is 0.941 bits per heavy atom. The number of ether oxygens (including phenoxy) is 1. The van der Waals surface area contributed by atoms with Crippen molar-refractivity contribution >= 4 is 5.97 Å². The molecular formula is C15H30O2. The normalized spacial score (nSPS) is 12.8. The molecule has 2 nitrogen and oxygen atoms in total. The van der Waals surface area contributed by atoms with Crippen LogP contribution in [-0.4, -0.2) is 12.6 Å². The van der Waals surface area contributed by atoms with Crippen molar-refractivity contribution in [2.75, 3.05) is 6.61 Å². The average Bonchev–Trinajstić information content (AvgIpc) is 2.22. The summed E-state index contributed by atoms with van der Waals surface area (Å²) in [4.78, 5) is 10.5. The largest absolute Gasteiger partial charge is 0.466 e. The van der Waals surface area contributed by atoms with Crippen molar-refractivity contribution in [1.82, 2.24) is 0 Å².